The highest BCUT2D eigenvalue weighted by Gasteiger charge is 2.05. The monoisotopic (exact) mass is 197 g/mol. The molecule has 0 radical (unpaired) electrons. The van der Waals surface area contributed by atoms with Gasteiger partial charge in [-0.15, -0.1) is 0 Å². The lowest BCUT2D eigenvalue weighted by atomic mass is 10.4. The summed E-state index contributed by atoms with van der Waals surface area (Å²) in [6.07, 6.45) is 2.96. The number of anilines is 1. The zero-order valence-corrected chi connectivity index (χ0v) is 8.43. The van der Waals surface area contributed by atoms with Gasteiger partial charge in [0.05, 0.1) is 24.7 Å². The number of ether oxygens (including phenoxy) is 2. The summed E-state index contributed by atoms with van der Waals surface area (Å²) in [7, 11) is 0. The molecular formula is C9H15N3O2. The maximum Gasteiger partial charge on any atom is 0.316 e. The molecule has 0 aliphatic heterocycles. The summed E-state index contributed by atoms with van der Waals surface area (Å²) < 4.78 is 10.6. The molecule has 2 N–H and O–H groups in total. The number of nitrogen functional groups attached to an aromatic ring is 1. The van der Waals surface area contributed by atoms with Crippen molar-refractivity contribution in [3.05, 3.63) is 12.4 Å². The van der Waals surface area contributed by atoms with E-state index in [1.54, 1.807) is 0 Å². The molecule has 0 aromatic carbocycles. The first-order valence-electron chi connectivity index (χ1n) is 4.54. The molecule has 0 aliphatic carbocycles. The molecule has 1 aromatic rings. The van der Waals surface area contributed by atoms with Gasteiger partial charge in [0.2, 0.25) is 0 Å². The van der Waals surface area contributed by atoms with Crippen molar-refractivity contribution in [2.45, 2.75) is 20.0 Å². The van der Waals surface area contributed by atoms with Gasteiger partial charge in [-0.1, -0.05) is 0 Å². The maximum atomic E-state index is 5.43. The van der Waals surface area contributed by atoms with E-state index < -0.39 is 0 Å². The number of hydrogen-bond donors (Lipinski definition) is 1. The standard InChI is InChI=1S/C9H15N3O2/c1-3-13-6-7(2)14-9-11-4-8(10)5-12-9/h4-5,7H,3,6,10H2,1-2H3. The largest absolute Gasteiger partial charge is 0.458 e. The van der Waals surface area contributed by atoms with E-state index in [4.69, 9.17) is 15.2 Å². The third kappa shape index (κ3) is 3.57. The van der Waals surface area contributed by atoms with E-state index in [9.17, 15) is 0 Å². The lowest BCUT2D eigenvalue weighted by Crippen LogP contribution is -2.20. The summed E-state index contributed by atoms with van der Waals surface area (Å²) in [5.41, 5.74) is 5.96. The Balaban J connectivity index is 2.39. The van der Waals surface area contributed by atoms with Gasteiger partial charge in [0.15, 0.2) is 0 Å². The number of nitrogens with two attached hydrogens (primary N) is 1. The molecular weight excluding hydrogens is 182 g/mol. The second-order valence-electron chi connectivity index (χ2n) is 2.89. The number of rotatable bonds is 5. The van der Waals surface area contributed by atoms with E-state index in [0.717, 1.165) is 0 Å². The lowest BCUT2D eigenvalue weighted by Gasteiger charge is -2.12. The first-order valence-corrected chi connectivity index (χ1v) is 4.54. The van der Waals surface area contributed by atoms with Crippen molar-refractivity contribution >= 4 is 5.69 Å². The van der Waals surface area contributed by atoms with Crippen LogP contribution in [0.15, 0.2) is 12.4 Å². The van der Waals surface area contributed by atoms with Crippen LogP contribution in [0, 0.1) is 0 Å². The van der Waals surface area contributed by atoms with Gasteiger partial charge < -0.3 is 15.2 Å². The number of nitrogens with zero attached hydrogens (tertiary/aromatic N) is 2. The van der Waals surface area contributed by atoms with Crippen molar-refractivity contribution in [3.63, 3.8) is 0 Å². The Hall–Kier alpha value is -1.36. The van der Waals surface area contributed by atoms with Crippen molar-refractivity contribution in [2.24, 2.45) is 0 Å². The summed E-state index contributed by atoms with van der Waals surface area (Å²) in [6.45, 7) is 5.04. The van der Waals surface area contributed by atoms with Crippen molar-refractivity contribution in [1.29, 1.82) is 0 Å². The SMILES string of the molecule is CCOCC(C)Oc1ncc(N)cn1. The fourth-order valence-electron chi connectivity index (χ4n) is 0.885. The minimum atomic E-state index is -0.0569. The van der Waals surface area contributed by atoms with Crippen LogP contribution in [0.25, 0.3) is 0 Å². The van der Waals surface area contributed by atoms with Gasteiger partial charge in [-0.3, -0.25) is 0 Å². The molecule has 0 aliphatic rings. The van der Waals surface area contributed by atoms with Crippen molar-refractivity contribution < 1.29 is 9.47 Å². The average Bonchev–Trinajstić information content (AvgIpc) is 2.18. The van der Waals surface area contributed by atoms with Crippen molar-refractivity contribution in [3.8, 4) is 6.01 Å². The molecule has 78 valence electrons. The molecule has 1 rings (SSSR count). The smallest absolute Gasteiger partial charge is 0.316 e. The Morgan fingerprint density at radius 2 is 2.07 bits per heavy atom. The third-order valence-electron chi connectivity index (χ3n) is 1.51. The van der Waals surface area contributed by atoms with E-state index in [0.29, 0.717) is 24.9 Å². The van der Waals surface area contributed by atoms with Crippen LogP contribution in [0.5, 0.6) is 6.01 Å². The van der Waals surface area contributed by atoms with E-state index in [1.807, 2.05) is 13.8 Å². The summed E-state index contributed by atoms with van der Waals surface area (Å²) in [6, 6.07) is 0.325. The molecule has 1 heterocycles. The predicted molar refractivity (Wildman–Crippen MR) is 53.0 cm³/mol. The lowest BCUT2D eigenvalue weighted by molar-refractivity contribution is 0.0607. The van der Waals surface area contributed by atoms with E-state index in [-0.39, 0.29) is 6.10 Å². The average molecular weight is 197 g/mol. The highest BCUT2D eigenvalue weighted by Crippen LogP contribution is 2.05. The van der Waals surface area contributed by atoms with Crippen LogP contribution in [-0.2, 0) is 4.74 Å². The molecule has 0 bridgehead atoms. The van der Waals surface area contributed by atoms with Gasteiger partial charge >= 0.3 is 6.01 Å². The Labute approximate surface area is 83.3 Å². The highest BCUT2D eigenvalue weighted by molar-refractivity contribution is 5.30. The Morgan fingerprint density at radius 1 is 1.43 bits per heavy atom. The van der Waals surface area contributed by atoms with Gasteiger partial charge in [-0.2, -0.15) is 0 Å². The molecule has 5 nitrogen and oxygen atoms in total. The molecule has 14 heavy (non-hydrogen) atoms. The molecule has 1 atom stereocenters. The minimum Gasteiger partial charge on any atom is -0.458 e. The quantitative estimate of drug-likeness (QED) is 0.758. The highest BCUT2D eigenvalue weighted by atomic mass is 16.5. The Bertz CT molecular complexity index is 263. The van der Waals surface area contributed by atoms with Crippen LogP contribution in [0.2, 0.25) is 0 Å². The molecule has 0 amide bonds. The van der Waals surface area contributed by atoms with Gasteiger partial charge in [0.1, 0.15) is 6.10 Å². The summed E-state index contributed by atoms with van der Waals surface area (Å²) in [4.78, 5) is 7.82. The van der Waals surface area contributed by atoms with Gasteiger partial charge in [0, 0.05) is 6.61 Å². The normalized spacial score (nSPS) is 12.4. The van der Waals surface area contributed by atoms with E-state index in [2.05, 4.69) is 9.97 Å². The Kier molecular flexibility index (Phi) is 4.12. The molecule has 0 spiro atoms. The third-order valence-corrected chi connectivity index (χ3v) is 1.51. The van der Waals surface area contributed by atoms with Crippen LogP contribution in [0.4, 0.5) is 5.69 Å². The van der Waals surface area contributed by atoms with E-state index >= 15 is 0 Å². The first kappa shape index (κ1) is 10.7. The molecule has 5 heteroatoms. The summed E-state index contributed by atoms with van der Waals surface area (Å²) >= 11 is 0. The minimum absolute atomic E-state index is 0.0569. The number of aromatic nitrogens is 2. The Morgan fingerprint density at radius 3 is 2.64 bits per heavy atom. The molecule has 1 unspecified atom stereocenters. The fourth-order valence-corrected chi connectivity index (χ4v) is 0.885. The van der Waals surface area contributed by atoms with Gasteiger partial charge in [0.25, 0.3) is 0 Å². The molecule has 0 saturated heterocycles. The molecule has 1 aromatic heterocycles. The first-order chi connectivity index (χ1) is 6.72. The zero-order chi connectivity index (χ0) is 10.4. The van der Waals surface area contributed by atoms with Crippen molar-refractivity contribution in [1.82, 2.24) is 9.97 Å². The van der Waals surface area contributed by atoms with Gasteiger partial charge in [-0.05, 0) is 13.8 Å². The maximum absolute atomic E-state index is 5.43. The second-order valence-corrected chi connectivity index (χ2v) is 2.89. The number of hydrogen-bond acceptors (Lipinski definition) is 5. The molecule has 0 saturated carbocycles. The van der Waals surface area contributed by atoms with Gasteiger partial charge in [-0.25, -0.2) is 9.97 Å². The topological polar surface area (TPSA) is 70.3 Å². The molecule has 0 fully saturated rings. The van der Waals surface area contributed by atoms with Crippen molar-refractivity contribution in [2.75, 3.05) is 18.9 Å². The van der Waals surface area contributed by atoms with Crippen LogP contribution in [0.1, 0.15) is 13.8 Å². The fraction of sp³-hybridized carbons (Fsp3) is 0.556. The van der Waals surface area contributed by atoms with Crippen LogP contribution in [0.3, 0.4) is 0 Å². The van der Waals surface area contributed by atoms with Crippen LogP contribution >= 0.6 is 0 Å². The predicted octanol–water partition coefficient (Wildman–Crippen LogP) is 0.863. The van der Waals surface area contributed by atoms with Crippen LogP contribution in [-0.4, -0.2) is 29.3 Å². The summed E-state index contributed by atoms with van der Waals surface area (Å²) in [5.74, 6) is 0. The zero-order valence-electron chi connectivity index (χ0n) is 8.43. The van der Waals surface area contributed by atoms with E-state index in [1.165, 1.54) is 12.4 Å². The van der Waals surface area contributed by atoms with Crippen LogP contribution < -0.4 is 10.5 Å². The second kappa shape index (κ2) is 5.39. The summed E-state index contributed by atoms with van der Waals surface area (Å²) in [5, 5.41) is 0.